The molecule has 0 fully saturated rings. The van der Waals surface area contributed by atoms with Crippen LogP contribution < -0.4 is 4.74 Å². The zero-order valence-electron chi connectivity index (χ0n) is 7.29. The third kappa shape index (κ3) is 1.15. The number of hydrogen-bond acceptors (Lipinski definition) is 2. The van der Waals surface area contributed by atoms with Gasteiger partial charge in [0, 0.05) is 21.0 Å². The van der Waals surface area contributed by atoms with Crippen molar-refractivity contribution in [1.82, 2.24) is 0 Å². The molecule has 1 aliphatic rings. The summed E-state index contributed by atoms with van der Waals surface area (Å²) in [6, 6.07) is 7.86. The molecule has 3 heteroatoms. The highest BCUT2D eigenvalue weighted by Gasteiger charge is 2.18. The van der Waals surface area contributed by atoms with Gasteiger partial charge >= 0.3 is 0 Å². The van der Waals surface area contributed by atoms with Gasteiger partial charge in [-0.15, -0.1) is 11.3 Å². The van der Waals surface area contributed by atoms with Crippen LogP contribution >= 0.6 is 22.9 Å². The van der Waals surface area contributed by atoms with E-state index in [9.17, 15) is 0 Å². The first kappa shape index (κ1) is 8.33. The van der Waals surface area contributed by atoms with Crippen molar-refractivity contribution in [3.05, 3.63) is 40.2 Å². The molecular weight excluding hydrogens is 216 g/mol. The van der Waals surface area contributed by atoms with E-state index in [4.69, 9.17) is 16.3 Å². The number of fused-ring (bicyclic) bond motifs is 3. The number of hydrogen-bond donors (Lipinski definition) is 0. The van der Waals surface area contributed by atoms with E-state index in [0.717, 1.165) is 16.3 Å². The van der Waals surface area contributed by atoms with Gasteiger partial charge in [0.05, 0.1) is 0 Å². The fourth-order valence-electron chi connectivity index (χ4n) is 1.65. The molecule has 0 unspecified atom stereocenters. The molecule has 0 N–H and O–H groups in total. The smallest absolute Gasteiger partial charge is 0.128 e. The summed E-state index contributed by atoms with van der Waals surface area (Å²) in [7, 11) is 0. The molecular formula is C11H7ClOS. The maximum Gasteiger partial charge on any atom is 0.128 e. The van der Waals surface area contributed by atoms with Gasteiger partial charge in [-0.3, -0.25) is 0 Å². The van der Waals surface area contributed by atoms with E-state index in [0.29, 0.717) is 6.61 Å². The Morgan fingerprint density at radius 3 is 3.14 bits per heavy atom. The van der Waals surface area contributed by atoms with E-state index >= 15 is 0 Å². The molecule has 14 heavy (non-hydrogen) atoms. The molecule has 0 spiro atoms. The van der Waals surface area contributed by atoms with Crippen molar-refractivity contribution in [1.29, 1.82) is 0 Å². The predicted octanol–water partition coefficient (Wildman–Crippen LogP) is 3.96. The average molecular weight is 223 g/mol. The van der Waals surface area contributed by atoms with Crippen LogP contribution in [0.5, 0.6) is 5.75 Å². The van der Waals surface area contributed by atoms with Gasteiger partial charge < -0.3 is 4.74 Å². The fourth-order valence-corrected chi connectivity index (χ4v) is 2.75. The second-order valence-electron chi connectivity index (χ2n) is 3.20. The lowest BCUT2D eigenvalue weighted by Gasteiger charge is -2.17. The molecule has 70 valence electrons. The number of benzene rings is 1. The lowest BCUT2D eigenvalue weighted by atomic mass is 10.1. The monoisotopic (exact) mass is 222 g/mol. The van der Waals surface area contributed by atoms with Gasteiger partial charge in [0.1, 0.15) is 12.4 Å². The SMILES string of the molecule is Clc1ccc2c(c1)-c1sccc1CO2. The van der Waals surface area contributed by atoms with Gasteiger partial charge in [-0.05, 0) is 29.6 Å². The summed E-state index contributed by atoms with van der Waals surface area (Å²) in [6.07, 6.45) is 0. The van der Waals surface area contributed by atoms with Crippen molar-refractivity contribution in [3.8, 4) is 16.2 Å². The molecule has 0 aliphatic carbocycles. The first-order valence-corrected chi connectivity index (χ1v) is 5.59. The maximum atomic E-state index is 5.96. The van der Waals surface area contributed by atoms with Crippen molar-refractivity contribution >= 4 is 22.9 Å². The molecule has 1 aromatic carbocycles. The summed E-state index contributed by atoms with van der Waals surface area (Å²) in [5, 5.41) is 2.85. The zero-order chi connectivity index (χ0) is 9.54. The molecule has 3 rings (SSSR count). The summed E-state index contributed by atoms with van der Waals surface area (Å²) in [5.74, 6) is 0.935. The Balaban J connectivity index is 2.28. The molecule has 2 heterocycles. The Bertz CT molecular complexity index is 490. The van der Waals surface area contributed by atoms with Gasteiger partial charge in [0.25, 0.3) is 0 Å². The van der Waals surface area contributed by atoms with E-state index < -0.39 is 0 Å². The van der Waals surface area contributed by atoms with E-state index in [2.05, 4.69) is 11.4 Å². The first-order chi connectivity index (χ1) is 6.84. The van der Waals surface area contributed by atoms with Crippen LogP contribution in [-0.2, 0) is 6.61 Å². The van der Waals surface area contributed by atoms with Gasteiger partial charge in [0.15, 0.2) is 0 Å². The van der Waals surface area contributed by atoms with E-state index in [-0.39, 0.29) is 0 Å². The summed E-state index contributed by atoms with van der Waals surface area (Å²) in [4.78, 5) is 1.29. The number of thiophene rings is 1. The van der Waals surface area contributed by atoms with Crippen molar-refractivity contribution in [3.63, 3.8) is 0 Å². The molecule has 0 saturated heterocycles. The number of ether oxygens (including phenoxy) is 1. The second-order valence-corrected chi connectivity index (χ2v) is 4.56. The molecule has 2 aromatic rings. The van der Waals surface area contributed by atoms with Crippen LogP contribution in [0.3, 0.4) is 0 Å². The van der Waals surface area contributed by atoms with Crippen molar-refractivity contribution in [2.45, 2.75) is 6.61 Å². The minimum absolute atomic E-state index is 0.674. The van der Waals surface area contributed by atoms with Crippen LogP contribution in [0.1, 0.15) is 5.56 Å². The Kier molecular flexibility index (Phi) is 1.79. The van der Waals surface area contributed by atoms with E-state index in [1.165, 1.54) is 10.4 Å². The highest BCUT2D eigenvalue weighted by molar-refractivity contribution is 7.13. The minimum Gasteiger partial charge on any atom is -0.488 e. The molecule has 1 nitrogen and oxygen atoms in total. The Morgan fingerprint density at radius 1 is 1.29 bits per heavy atom. The third-order valence-corrected chi connectivity index (χ3v) is 3.54. The quantitative estimate of drug-likeness (QED) is 0.656. The largest absolute Gasteiger partial charge is 0.488 e. The molecule has 0 bridgehead atoms. The molecule has 1 aliphatic heterocycles. The number of rotatable bonds is 0. The van der Waals surface area contributed by atoms with E-state index in [1.54, 1.807) is 11.3 Å². The molecule has 0 amide bonds. The van der Waals surface area contributed by atoms with Crippen molar-refractivity contribution in [2.75, 3.05) is 0 Å². The minimum atomic E-state index is 0.674. The molecule has 1 aromatic heterocycles. The summed E-state index contributed by atoms with van der Waals surface area (Å²) >= 11 is 7.70. The lowest BCUT2D eigenvalue weighted by molar-refractivity contribution is 0.303. The Morgan fingerprint density at radius 2 is 2.21 bits per heavy atom. The zero-order valence-corrected chi connectivity index (χ0v) is 8.86. The lowest BCUT2D eigenvalue weighted by Crippen LogP contribution is -2.02. The van der Waals surface area contributed by atoms with Gasteiger partial charge in [-0.25, -0.2) is 0 Å². The van der Waals surface area contributed by atoms with Crippen LogP contribution in [0.2, 0.25) is 5.02 Å². The van der Waals surface area contributed by atoms with Crippen LogP contribution in [0.15, 0.2) is 29.6 Å². The van der Waals surface area contributed by atoms with Crippen LogP contribution in [0.4, 0.5) is 0 Å². The Hall–Kier alpha value is -0.990. The molecule has 0 radical (unpaired) electrons. The van der Waals surface area contributed by atoms with Crippen LogP contribution in [-0.4, -0.2) is 0 Å². The van der Waals surface area contributed by atoms with Crippen LogP contribution in [0, 0.1) is 0 Å². The van der Waals surface area contributed by atoms with Gasteiger partial charge in [-0.1, -0.05) is 11.6 Å². The highest BCUT2D eigenvalue weighted by Crippen LogP contribution is 2.41. The second kappa shape index (κ2) is 3.01. The normalized spacial score (nSPS) is 12.9. The standard InChI is InChI=1S/C11H7ClOS/c12-8-1-2-10-9(5-8)11-7(6-13-10)3-4-14-11/h1-5H,6H2. The predicted molar refractivity (Wildman–Crippen MR) is 59.1 cm³/mol. The first-order valence-electron chi connectivity index (χ1n) is 4.34. The summed E-state index contributed by atoms with van der Waals surface area (Å²) in [6.45, 7) is 0.674. The van der Waals surface area contributed by atoms with Gasteiger partial charge in [-0.2, -0.15) is 0 Å². The summed E-state index contributed by atoms with van der Waals surface area (Å²) < 4.78 is 5.61. The molecule has 0 saturated carbocycles. The summed E-state index contributed by atoms with van der Waals surface area (Å²) in [5.41, 5.74) is 2.37. The van der Waals surface area contributed by atoms with Gasteiger partial charge in [0.2, 0.25) is 0 Å². The molecule has 0 atom stereocenters. The third-order valence-electron chi connectivity index (χ3n) is 2.32. The average Bonchev–Trinajstić information content (AvgIpc) is 2.65. The fraction of sp³-hybridized carbons (Fsp3) is 0.0909. The van der Waals surface area contributed by atoms with Crippen LogP contribution in [0.25, 0.3) is 10.4 Å². The maximum absolute atomic E-state index is 5.96. The van der Waals surface area contributed by atoms with E-state index in [1.807, 2.05) is 18.2 Å². The van der Waals surface area contributed by atoms with Crippen molar-refractivity contribution < 1.29 is 4.74 Å². The Labute approximate surface area is 90.9 Å². The number of halogens is 1. The topological polar surface area (TPSA) is 9.23 Å². The highest BCUT2D eigenvalue weighted by atomic mass is 35.5. The van der Waals surface area contributed by atoms with Crippen molar-refractivity contribution in [2.24, 2.45) is 0 Å².